The number of hydrogen-bond acceptors (Lipinski definition) is 6. The van der Waals surface area contributed by atoms with Crippen molar-refractivity contribution < 1.29 is 36.0 Å². The van der Waals surface area contributed by atoms with Crippen LogP contribution >= 0.6 is 0 Å². The summed E-state index contributed by atoms with van der Waals surface area (Å²) in [7, 11) is -5.69. The summed E-state index contributed by atoms with van der Waals surface area (Å²) in [5, 5.41) is 22.4. The van der Waals surface area contributed by atoms with Gasteiger partial charge in [0.15, 0.2) is 4.90 Å². The Labute approximate surface area is 192 Å². The number of aromatic hydroxyl groups is 1. The number of hydrogen-bond donors (Lipinski definition) is 2. The first-order chi connectivity index (χ1) is 14.9. The van der Waals surface area contributed by atoms with E-state index in [1.165, 1.54) is 19.2 Å². The SMILES string of the molecule is Cc1c([S+](C)[O-])cc(C(C)(C)C)c(O)c1C(=O)Nc1ccc(S(=O)(=O)C(F)(F)F)cc1C#N. The fourth-order valence-corrected chi connectivity index (χ4v) is 4.71. The van der Waals surface area contributed by atoms with Crippen LogP contribution in [-0.4, -0.2) is 35.7 Å². The fourth-order valence-electron chi connectivity index (χ4n) is 3.10. The number of carbonyl (C=O) groups excluding carboxylic acids is 1. The van der Waals surface area contributed by atoms with E-state index in [-0.39, 0.29) is 22.6 Å². The molecular weight excluding hydrogens is 481 g/mol. The normalized spacial score (nSPS) is 13.3. The van der Waals surface area contributed by atoms with E-state index in [9.17, 15) is 41.3 Å². The monoisotopic (exact) mass is 502 g/mol. The smallest absolute Gasteiger partial charge is 0.501 e. The summed E-state index contributed by atoms with van der Waals surface area (Å²) in [5.41, 5.74) is -6.65. The molecule has 1 atom stereocenters. The van der Waals surface area contributed by atoms with E-state index in [4.69, 9.17) is 0 Å². The number of sulfone groups is 1. The Morgan fingerprint density at radius 1 is 1.21 bits per heavy atom. The van der Waals surface area contributed by atoms with Gasteiger partial charge in [0.25, 0.3) is 15.7 Å². The Bertz CT molecular complexity index is 1260. The molecule has 0 aliphatic heterocycles. The highest BCUT2D eigenvalue weighted by atomic mass is 32.2. The average Bonchev–Trinajstić information content (AvgIpc) is 2.65. The largest absolute Gasteiger partial charge is 0.612 e. The molecule has 0 saturated heterocycles. The molecular formula is C21H21F3N2O5S2. The van der Waals surface area contributed by atoms with Crippen molar-refractivity contribution in [3.05, 3.63) is 46.5 Å². The van der Waals surface area contributed by atoms with Crippen molar-refractivity contribution in [3.63, 3.8) is 0 Å². The zero-order valence-corrected chi connectivity index (χ0v) is 19.9. The predicted octanol–water partition coefficient (Wildman–Crippen LogP) is 4.15. The third-order valence-corrected chi connectivity index (χ3v) is 7.36. The minimum absolute atomic E-state index is 0.216. The Morgan fingerprint density at radius 2 is 1.79 bits per heavy atom. The molecule has 7 nitrogen and oxygen atoms in total. The summed E-state index contributed by atoms with van der Waals surface area (Å²) in [4.78, 5) is 12.2. The van der Waals surface area contributed by atoms with Crippen molar-refractivity contribution in [3.8, 4) is 11.8 Å². The Hall–Kier alpha value is -2.75. The molecule has 1 unspecified atom stereocenters. The van der Waals surface area contributed by atoms with E-state index in [1.54, 1.807) is 26.8 Å². The lowest BCUT2D eigenvalue weighted by molar-refractivity contribution is -0.0436. The first-order valence-corrected chi connectivity index (χ1v) is 12.3. The average molecular weight is 503 g/mol. The maximum absolute atomic E-state index is 13.0. The van der Waals surface area contributed by atoms with E-state index < -0.39 is 48.3 Å². The maximum atomic E-state index is 13.0. The summed E-state index contributed by atoms with van der Waals surface area (Å²) in [6, 6.07) is 5.06. The van der Waals surface area contributed by atoms with Gasteiger partial charge >= 0.3 is 5.51 Å². The van der Waals surface area contributed by atoms with Gasteiger partial charge in [0.2, 0.25) is 0 Å². The maximum Gasteiger partial charge on any atom is 0.501 e. The predicted molar refractivity (Wildman–Crippen MR) is 116 cm³/mol. The van der Waals surface area contributed by atoms with Crippen LogP contribution in [0.4, 0.5) is 18.9 Å². The summed E-state index contributed by atoms with van der Waals surface area (Å²) < 4.78 is 73.9. The quantitative estimate of drug-likeness (QED) is 0.604. The van der Waals surface area contributed by atoms with Gasteiger partial charge in [0.05, 0.1) is 21.7 Å². The van der Waals surface area contributed by atoms with Crippen LogP contribution in [0.2, 0.25) is 0 Å². The Morgan fingerprint density at radius 3 is 2.24 bits per heavy atom. The second-order valence-corrected chi connectivity index (χ2v) is 11.5. The first-order valence-electron chi connectivity index (χ1n) is 9.30. The molecule has 2 aromatic carbocycles. The second kappa shape index (κ2) is 8.89. The number of amides is 1. The van der Waals surface area contributed by atoms with Crippen LogP contribution in [0.1, 0.15) is 47.8 Å². The molecule has 178 valence electrons. The van der Waals surface area contributed by atoms with Gasteiger partial charge in [-0.25, -0.2) is 8.42 Å². The molecule has 33 heavy (non-hydrogen) atoms. The van der Waals surface area contributed by atoms with Crippen LogP contribution < -0.4 is 5.32 Å². The highest BCUT2D eigenvalue weighted by Gasteiger charge is 2.47. The molecule has 0 radical (unpaired) electrons. The number of phenols is 1. The van der Waals surface area contributed by atoms with E-state index in [1.807, 2.05) is 0 Å². The van der Waals surface area contributed by atoms with Crippen LogP contribution in [-0.2, 0) is 26.4 Å². The number of anilines is 1. The number of carbonyl (C=O) groups is 1. The molecule has 0 aromatic heterocycles. The van der Waals surface area contributed by atoms with E-state index >= 15 is 0 Å². The standard InChI is InChI=1S/C21H21F3N2O5S2/c1-11-16(32(5)29)9-14(20(2,3)4)18(27)17(11)19(28)26-15-7-6-13(8-12(15)10-25)33(30,31)21(22,23)24/h6-9,27H,1-5H3,(H,26,28). The van der Waals surface area contributed by atoms with Crippen molar-refractivity contribution in [2.45, 2.75) is 48.4 Å². The number of phenolic OH excluding ortho intramolecular Hbond substituents is 1. The molecule has 0 heterocycles. The van der Waals surface area contributed by atoms with Gasteiger partial charge in [-0.05, 0) is 41.7 Å². The molecule has 0 saturated carbocycles. The zero-order chi connectivity index (χ0) is 25.5. The molecule has 0 fully saturated rings. The molecule has 12 heteroatoms. The van der Waals surface area contributed by atoms with Gasteiger partial charge in [-0.1, -0.05) is 20.8 Å². The van der Waals surface area contributed by atoms with Crippen LogP contribution in [0.3, 0.4) is 0 Å². The van der Waals surface area contributed by atoms with Crippen molar-refractivity contribution >= 4 is 32.6 Å². The number of rotatable bonds is 4. The lowest BCUT2D eigenvalue weighted by Crippen LogP contribution is -2.23. The molecule has 0 aliphatic rings. The van der Waals surface area contributed by atoms with Crippen LogP contribution in [0.5, 0.6) is 5.75 Å². The van der Waals surface area contributed by atoms with Crippen LogP contribution in [0.15, 0.2) is 34.1 Å². The van der Waals surface area contributed by atoms with Gasteiger partial charge < -0.3 is 15.0 Å². The minimum Gasteiger partial charge on any atom is -0.612 e. The van der Waals surface area contributed by atoms with Crippen LogP contribution in [0, 0.1) is 18.3 Å². The summed E-state index contributed by atoms with van der Waals surface area (Å²) in [6.45, 7) is 6.79. The summed E-state index contributed by atoms with van der Waals surface area (Å²) in [5.74, 6) is -1.28. The molecule has 0 spiro atoms. The van der Waals surface area contributed by atoms with Gasteiger partial charge in [-0.2, -0.15) is 18.4 Å². The molecule has 2 rings (SSSR count). The van der Waals surface area contributed by atoms with Gasteiger partial charge in [-0.15, -0.1) is 0 Å². The van der Waals surface area contributed by atoms with E-state index in [0.717, 1.165) is 6.07 Å². The highest BCUT2D eigenvalue weighted by Crippen LogP contribution is 2.39. The second-order valence-electron chi connectivity index (χ2n) is 8.20. The van der Waals surface area contributed by atoms with Crippen molar-refractivity contribution in [1.29, 1.82) is 5.26 Å². The van der Waals surface area contributed by atoms with Crippen molar-refractivity contribution in [1.82, 2.24) is 0 Å². The van der Waals surface area contributed by atoms with Gasteiger partial charge in [0.1, 0.15) is 18.1 Å². The summed E-state index contributed by atoms with van der Waals surface area (Å²) >= 11 is -1.51. The molecule has 0 bridgehead atoms. The van der Waals surface area contributed by atoms with Crippen LogP contribution in [0.25, 0.3) is 0 Å². The van der Waals surface area contributed by atoms with Crippen molar-refractivity contribution in [2.24, 2.45) is 0 Å². The fraction of sp³-hybridized carbons (Fsp3) is 0.333. The lowest BCUT2D eigenvalue weighted by atomic mass is 9.84. The Kier molecular flexibility index (Phi) is 7.14. The molecule has 2 N–H and O–H groups in total. The lowest BCUT2D eigenvalue weighted by Gasteiger charge is -2.24. The van der Waals surface area contributed by atoms with E-state index in [0.29, 0.717) is 22.6 Å². The number of nitriles is 1. The van der Waals surface area contributed by atoms with Gasteiger partial charge in [-0.3, -0.25) is 4.79 Å². The Balaban J connectivity index is 2.62. The summed E-state index contributed by atoms with van der Waals surface area (Å²) in [6.07, 6.45) is 1.40. The number of alkyl halides is 3. The number of nitrogens with zero attached hydrogens (tertiary/aromatic N) is 1. The number of benzene rings is 2. The molecule has 0 aliphatic carbocycles. The first kappa shape index (κ1) is 26.5. The highest BCUT2D eigenvalue weighted by molar-refractivity contribution is 7.92. The zero-order valence-electron chi connectivity index (χ0n) is 18.3. The molecule has 2 aromatic rings. The molecule has 1 amide bonds. The number of halogens is 3. The number of nitrogens with one attached hydrogen (secondary N) is 1. The minimum atomic E-state index is -5.69. The van der Waals surface area contributed by atoms with E-state index in [2.05, 4.69) is 5.32 Å². The third kappa shape index (κ3) is 5.10. The third-order valence-electron chi connectivity index (χ3n) is 4.83. The topological polar surface area (TPSA) is 130 Å². The van der Waals surface area contributed by atoms with Gasteiger partial charge in [0, 0.05) is 17.2 Å². The van der Waals surface area contributed by atoms with Crippen molar-refractivity contribution in [2.75, 3.05) is 11.6 Å².